The molecule has 1 atom stereocenters. The summed E-state index contributed by atoms with van der Waals surface area (Å²) in [5.74, 6) is -0.708. The number of methoxy groups -OCH3 is 1. The van der Waals surface area contributed by atoms with Gasteiger partial charge in [-0.1, -0.05) is 23.7 Å². The van der Waals surface area contributed by atoms with Crippen LogP contribution in [0.2, 0.25) is 5.02 Å². The van der Waals surface area contributed by atoms with Gasteiger partial charge in [0.1, 0.15) is 17.3 Å². The maximum absolute atomic E-state index is 13.2. The van der Waals surface area contributed by atoms with Crippen LogP contribution in [0.1, 0.15) is 44.4 Å². The zero-order valence-electron chi connectivity index (χ0n) is 19.8. The topological polar surface area (TPSA) is 85.3 Å². The van der Waals surface area contributed by atoms with Crippen LogP contribution in [0.25, 0.3) is 5.76 Å². The van der Waals surface area contributed by atoms with Gasteiger partial charge in [0.25, 0.3) is 11.7 Å². The molecule has 182 valence electrons. The van der Waals surface area contributed by atoms with Crippen molar-refractivity contribution in [2.24, 2.45) is 0 Å². The number of amides is 1. The molecule has 1 saturated heterocycles. The number of halogens is 1. The predicted molar refractivity (Wildman–Crippen MR) is 130 cm³/mol. The van der Waals surface area contributed by atoms with Crippen LogP contribution in [0.3, 0.4) is 0 Å². The minimum Gasteiger partial charge on any atom is -0.507 e. The first-order valence-corrected chi connectivity index (χ1v) is 11.6. The van der Waals surface area contributed by atoms with Crippen molar-refractivity contribution in [3.8, 4) is 11.5 Å². The summed E-state index contributed by atoms with van der Waals surface area (Å²) in [6.07, 6.45) is 0.478. The average molecular weight is 488 g/mol. The number of rotatable bonds is 10. The van der Waals surface area contributed by atoms with Gasteiger partial charge in [0.05, 0.1) is 29.3 Å². The van der Waals surface area contributed by atoms with Crippen LogP contribution in [0.4, 0.5) is 0 Å². The molecule has 1 aliphatic rings. The molecule has 1 N–H and O–H groups in total. The van der Waals surface area contributed by atoms with Crippen molar-refractivity contribution in [2.75, 3.05) is 26.9 Å². The van der Waals surface area contributed by atoms with E-state index in [0.29, 0.717) is 36.7 Å². The van der Waals surface area contributed by atoms with Crippen LogP contribution in [-0.4, -0.2) is 54.7 Å². The fourth-order valence-electron chi connectivity index (χ4n) is 3.95. The van der Waals surface area contributed by atoms with Gasteiger partial charge in [0.15, 0.2) is 0 Å². The lowest BCUT2D eigenvalue weighted by Crippen LogP contribution is -2.31. The molecule has 34 heavy (non-hydrogen) atoms. The maximum Gasteiger partial charge on any atom is 0.295 e. The number of carbonyl (C=O) groups excluding carboxylic acids is 2. The molecular weight excluding hydrogens is 458 g/mol. The molecule has 0 radical (unpaired) electrons. The van der Waals surface area contributed by atoms with Gasteiger partial charge >= 0.3 is 0 Å². The number of nitrogens with zero attached hydrogens (tertiary/aromatic N) is 1. The lowest BCUT2D eigenvalue weighted by molar-refractivity contribution is -0.140. The number of Topliss-reactive ketones (excluding diaryl/α,β-unsaturated/α-hetero) is 1. The van der Waals surface area contributed by atoms with Gasteiger partial charge in [-0.05, 0) is 63.1 Å². The molecule has 1 aliphatic heterocycles. The molecular formula is C26H30ClNO6. The molecule has 1 heterocycles. The number of carbonyl (C=O) groups is 2. The van der Waals surface area contributed by atoms with E-state index in [2.05, 4.69) is 0 Å². The molecule has 0 saturated carbocycles. The lowest BCUT2D eigenvalue weighted by Gasteiger charge is -2.26. The van der Waals surface area contributed by atoms with Crippen molar-refractivity contribution in [2.45, 2.75) is 39.3 Å². The highest BCUT2D eigenvalue weighted by Crippen LogP contribution is 2.42. The third-order valence-electron chi connectivity index (χ3n) is 5.34. The Hall–Kier alpha value is -3.03. The number of hydrogen-bond donors (Lipinski definition) is 1. The first-order valence-electron chi connectivity index (χ1n) is 11.2. The van der Waals surface area contributed by atoms with Gasteiger partial charge < -0.3 is 24.2 Å². The Balaban J connectivity index is 2.16. The predicted octanol–water partition coefficient (Wildman–Crippen LogP) is 4.98. The van der Waals surface area contributed by atoms with Gasteiger partial charge in [0, 0.05) is 25.8 Å². The van der Waals surface area contributed by atoms with Crippen LogP contribution in [0.5, 0.6) is 11.5 Å². The van der Waals surface area contributed by atoms with E-state index in [9.17, 15) is 14.7 Å². The third kappa shape index (κ3) is 5.54. The van der Waals surface area contributed by atoms with E-state index in [1.807, 2.05) is 26.8 Å². The van der Waals surface area contributed by atoms with Gasteiger partial charge in [0.2, 0.25) is 0 Å². The summed E-state index contributed by atoms with van der Waals surface area (Å²) in [6, 6.07) is 11.2. The lowest BCUT2D eigenvalue weighted by atomic mass is 9.95. The quantitative estimate of drug-likeness (QED) is 0.220. The molecule has 1 amide bonds. The maximum atomic E-state index is 13.2. The molecule has 2 aromatic rings. The molecule has 0 spiro atoms. The summed E-state index contributed by atoms with van der Waals surface area (Å²) in [7, 11) is 1.58. The Morgan fingerprint density at radius 2 is 1.91 bits per heavy atom. The fourth-order valence-corrected chi connectivity index (χ4v) is 4.16. The molecule has 1 unspecified atom stereocenters. The third-order valence-corrected chi connectivity index (χ3v) is 5.67. The Labute approximate surface area is 204 Å². The Bertz CT molecular complexity index is 1080. The summed E-state index contributed by atoms with van der Waals surface area (Å²) >= 11 is 6.37. The standard InChI is InChI=1S/C26H30ClNO6/c1-5-33-18-10-11-21(27)20(15-18)24(29)22-23(17-8-6-9-19(14-17)34-16(2)3)28(12-7-13-32-4)26(31)25(22)30/h6,8-11,14-16,23,29H,5,7,12-13H2,1-4H3/b24-22+. The number of hydrogen-bond acceptors (Lipinski definition) is 6. The number of ketones is 1. The summed E-state index contributed by atoms with van der Waals surface area (Å²) < 4.78 is 16.5. The highest BCUT2D eigenvalue weighted by molar-refractivity contribution is 6.47. The van der Waals surface area contributed by atoms with Gasteiger partial charge in [-0.15, -0.1) is 0 Å². The van der Waals surface area contributed by atoms with Gasteiger partial charge in [-0.2, -0.15) is 0 Å². The smallest absolute Gasteiger partial charge is 0.295 e. The summed E-state index contributed by atoms with van der Waals surface area (Å²) in [5, 5.41) is 11.5. The Kier molecular flexibility index (Phi) is 8.58. The van der Waals surface area contributed by atoms with Gasteiger partial charge in [-0.25, -0.2) is 0 Å². The fraction of sp³-hybridized carbons (Fsp3) is 0.385. The molecule has 1 fully saturated rings. The van der Waals surface area contributed by atoms with E-state index < -0.39 is 17.7 Å². The largest absolute Gasteiger partial charge is 0.507 e. The highest BCUT2D eigenvalue weighted by Gasteiger charge is 2.46. The summed E-state index contributed by atoms with van der Waals surface area (Å²) in [5.41, 5.74) is 0.843. The molecule has 0 bridgehead atoms. The second-order valence-electron chi connectivity index (χ2n) is 8.15. The number of aliphatic hydroxyl groups is 1. The molecule has 8 heteroatoms. The minimum absolute atomic E-state index is 0.0281. The SMILES string of the molecule is CCOc1ccc(Cl)c(/C(O)=C2\C(=O)C(=O)N(CCCOC)C2c2cccc(OC(C)C)c2)c1. The van der Waals surface area contributed by atoms with Crippen molar-refractivity contribution in [1.82, 2.24) is 4.90 Å². The van der Waals surface area contributed by atoms with Crippen molar-refractivity contribution in [3.63, 3.8) is 0 Å². The van der Waals surface area contributed by atoms with E-state index in [4.69, 9.17) is 25.8 Å². The van der Waals surface area contributed by atoms with E-state index >= 15 is 0 Å². The van der Waals surface area contributed by atoms with E-state index in [0.717, 1.165) is 0 Å². The molecule has 7 nitrogen and oxygen atoms in total. The van der Waals surface area contributed by atoms with Crippen molar-refractivity contribution in [1.29, 1.82) is 0 Å². The zero-order valence-corrected chi connectivity index (χ0v) is 20.6. The van der Waals surface area contributed by atoms with Crippen molar-refractivity contribution >= 4 is 29.1 Å². The second-order valence-corrected chi connectivity index (χ2v) is 8.56. The van der Waals surface area contributed by atoms with Crippen molar-refractivity contribution in [3.05, 3.63) is 64.2 Å². The van der Waals surface area contributed by atoms with E-state index in [1.54, 1.807) is 43.5 Å². The molecule has 2 aromatic carbocycles. The highest BCUT2D eigenvalue weighted by atomic mass is 35.5. The molecule has 0 aliphatic carbocycles. The summed E-state index contributed by atoms with van der Waals surface area (Å²) in [4.78, 5) is 27.7. The monoisotopic (exact) mass is 487 g/mol. The Morgan fingerprint density at radius 3 is 2.59 bits per heavy atom. The van der Waals surface area contributed by atoms with Crippen LogP contribution in [0, 0.1) is 0 Å². The first-order chi connectivity index (χ1) is 16.3. The van der Waals surface area contributed by atoms with E-state index in [1.165, 1.54) is 4.90 Å². The Morgan fingerprint density at radius 1 is 1.15 bits per heavy atom. The van der Waals surface area contributed by atoms with Crippen LogP contribution in [0.15, 0.2) is 48.0 Å². The van der Waals surface area contributed by atoms with Crippen molar-refractivity contribution < 1.29 is 28.9 Å². The number of aliphatic hydroxyl groups excluding tert-OH is 1. The zero-order chi connectivity index (χ0) is 24.8. The minimum atomic E-state index is -0.806. The van der Waals surface area contributed by atoms with Crippen LogP contribution < -0.4 is 9.47 Å². The molecule has 3 rings (SSSR count). The molecule has 0 aromatic heterocycles. The first kappa shape index (κ1) is 25.6. The number of benzene rings is 2. The normalized spacial score (nSPS) is 17.5. The average Bonchev–Trinajstić information content (AvgIpc) is 3.05. The van der Waals surface area contributed by atoms with Crippen LogP contribution in [-0.2, 0) is 14.3 Å². The van der Waals surface area contributed by atoms with Gasteiger partial charge in [-0.3, -0.25) is 9.59 Å². The van der Waals surface area contributed by atoms with E-state index in [-0.39, 0.29) is 34.6 Å². The van der Waals surface area contributed by atoms with Crippen LogP contribution >= 0.6 is 11.6 Å². The summed E-state index contributed by atoms with van der Waals surface area (Å²) in [6.45, 7) is 6.80. The number of likely N-dealkylation sites (tertiary alicyclic amines) is 1. The second kappa shape index (κ2) is 11.4. The number of ether oxygens (including phenoxy) is 3.